The van der Waals surface area contributed by atoms with Gasteiger partial charge in [0.15, 0.2) is 0 Å². The zero-order valence-corrected chi connectivity index (χ0v) is 10.8. The van der Waals surface area contributed by atoms with Crippen molar-refractivity contribution in [1.82, 2.24) is 0 Å². The first-order valence-corrected chi connectivity index (χ1v) is 6.56. The lowest BCUT2D eigenvalue weighted by Gasteiger charge is -2.16. The second-order valence-corrected chi connectivity index (χ2v) is 7.49. The molecule has 0 unspecified atom stereocenters. The normalized spacial score (nSPS) is 12.6. The van der Waals surface area contributed by atoms with E-state index in [1.54, 1.807) is 0 Å². The predicted molar refractivity (Wildman–Crippen MR) is 67.6 cm³/mol. The molecule has 76 valence electrons. The van der Waals surface area contributed by atoms with Crippen LogP contribution < -0.4 is 0 Å². The summed E-state index contributed by atoms with van der Waals surface area (Å²) in [5, 5.41) is 0. The predicted octanol–water partition coefficient (Wildman–Crippen LogP) is 4.86. The lowest BCUT2D eigenvalue weighted by atomic mass is 9.92. The van der Waals surface area contributed by atoms with Gasteiger partial charge < -0.3 is 0 Å². The Morgan fingerprint density at radius 3 is 2.29 bits per heavy atom. The van der Waals surface area contributed by atoms with Crippen LogP contribution in [-0.2, 0) is 6.42 Å². The van der Waals surface area contributed by atoms with Crippen molar-refractivity contribution in [1.29, 1.82) is 0 Å². The lowest BCUT2D eigenvalue weighted by Crippen LogP contribution is -2.07. The van der Waals surface area contributed by atoms with Crippen LogP contribution in [0.1, 0.15) is 30.5 Å². The standard InChI is InChI=1S/C12H16S2/c1-8-5-10-11(13-8)6-9(14-10)7-12(2,3)4/h5-6H,7H2,1-4H3. The van der Waals surface area contributed by atoms with Crippen molar-refractivity contribution in [2.75, 3.05) is 0 Å². The molecule has 0 aliphatic rings. The first-order valence-electron chi connectivity index (χ1n) is 4.93. The largest absolute Gasteiger partial charge is 0.140 e. The van der Waals surface area contributed by atoms with Gasteiger partial charge in [0.2, 0.25) is 0 Å². The summed E-state index contributed by atoms with van der Waals surface area (Å²) in [5.74, 6) is 0. The SMILES string of the molecule is Cc1cc2sc(CC(C)(C)C)cc2s1. The lowest BCUT2D eigenvalue weighted by molar-refractivity contribution is 0.415. The summed E-state index contributed by atoms with van der Waals surface area (Å²) in [6, 6.07) is 4.67. The Labute approximate surface area is 93.6 Å². The molecule has 2 aromatic heterocycles. The first-order chi connectivity index (χ1) is 6.44. The maximum atomic E-state index is 2.36. The molecule has 0 saturated heterocycles. The Balaban J connectivity index is 2.32. The quantitative estimate of drug-likeness (QED) is 0.649. The summed E-state index contributed by atoms with van der Waals surface area (Å²) in [6.07, 6.45) is 1.19. The van der Waals surface area contributed by atoms with Crippen molar-refractivity contribution >= 4 is 32.1 Å². The number of thiophene rings is 2. The summed E-state index contributed by atoms with van der Waals surface area (Å²) >= 11 is 3.86. The van der Waals surface area contributed by atoms with E-state index in [9.17, 15) is 0 Å². The van der Waals surface area contributed by atoms with Gasteiger partial charge in [-0.3, -0.25) is 0 Å². The molecule has 0 fully saturated rings. The summed E-state index contributed by atoms with van der Waals surface area (Å²) in [5.41, 5.74) is 0.405. The van der Waals surface area contributed by atoms with Gasteiger partial charge in [-0.25, -0.2) is 0 Å². The van der Waals surface area contributed by atoms with Gasteiger partial charge in [0, 0.05) is 19.2 Å². The molecule has 2 aromatic rings. The van der Waals surface area contributed by atoms with E-state index in [0.29, 0.717) is 5.41 Å². The van der Waals surface area contributed by atoms with Gasteiger partial charge in [-0.1, -0.05) is 20.8 Å². The number of hydrogen-bond donors (Lipinski definition) is 0. The van der Waals surface area contributed by atoms with Crippen molar-refractivity contribution in [3.05, 3.63) is 21.9 Å². The van der Waals surface area contributed by atoms with Crippen LogP contribution in [0.4, 0.5) is 0 Å². The summed E-state index contributed by atoms with van der Waals surface area (Å²) in [6.45, 7) is 9.07. The third-order valence-electron chi connectivity index (χ3n) is 2.09. The van der Waals surface area contributed by atoms with Crippen molar-refractivity contribution < 1.29 is 0 Å². The molecule has 2 rings (SSSR count). The van der Waals surface area contributed by atoms with Gasteiger partial charge >= 0.3 is 0 Å². The Morgan fingerprint density at radius 1 is 1.07 bits per heavy atom. The molecule has 2 heteroatoms. The van der Waals surface area contributed by atoms with Crippen molar-refractivity contribution in [3.8, 4) is 0 Å². The van der Waals surface area contributed by atoms with E-state index in [2.05, 4.69) is 39.8 Å². The minimum absolute atomic E-state index is 0.405. The molecule has 0 spiro atoms. The molecule has 0 aromatic carbocycles. The van der Waals surface area contributed by atoms with E-state index in [0.717, 1.165) is 0 Å². The first kappa shape index (κ1) is 10.2. The van der Waals surface area contributed by atoms with Crippen LogP contribution in [0.15, 0.2) is 12.1 Å². The third-order valence-corrected chi connectivity index (χ3v) is 4.29. The van der Waals surface area contributed by atoms with E-state index < -0.39 is 0 Å². The summed E-state index contributed by atoms with van der Waals surface area (Å²) in [4.78, 5) is 2.95. The number of fused-ring (bicyclic) bond motifs is 1. The van der Waals surface area contributed by atoms with E-state index in [4.69, 9.17) is 0 Å². The molecule has 0 amide bonds. The van der Waals surface area contributed by atoms with E-state index in [1.165, 1.54) is 25.6 Å². The average molecular weight is 224 g/mol. The second-order valence-electron chi connectivity index (χ2n) is 5.04. The number of aryl methyl sites for hydroxylation is 1. The fourth-order valence-corrected chi connectivity index (χ4v) is 4.26. The molecular weight excluding hydrogens is 208 g/mol. The van der Waals surface area contributed by atoms with Crippen molar-refractivity contribution in [2.24, 2.45) is 5.41 Å². The molecule has 0 nitrogen and oxygen atoms in total. The van der Waals surface area contributed by atoms with Gasteiger partial charge in [0.1, 0.15) is 0 Å². The highest BCUT2D eigenvalue weighted by atomic mass is 32.1. The fraction of sp³-hybridized carbons (Fsp3) is 0.500. The van der Waals surface area contributed by atoms with Gasteiger partial charge in [-0.2, -0.15) is 0 Å². The molecule has 0 saturated carbocycles. The Hall–Kier alpha value is -0.340. The van der Waals surface area contributed by atoms with Crippen LogP contribution in [0.25, 0.3) is 9.40 Å². The minimum Gasteiger partial charge on any atom is -0.140 e. The molecular formula is C12H16S2. The molecule has 0 aliphatic heterocycles. The minimum atomic E-state index is 0.405. The van der Waals surface area contributed by atoms with Crippen molar-refractivity contribution in [3.63, 3.8) is 0 Å². The molecule has 0 atom stereocenters. The van der Waals surface area contributed by atoms with Crippen LogP contribution in [0.3, 0.4) is 0 Å². The highest BCUT2D eigenvalue weighted by Crippen LogP contribution is 2.35. The smallest absolute Gasteiger partial charge is 0.0456 e. The molecule has 0 aliphatic carbocycles. The van der Waals surface area contributed by atoms with Gasteiger partial charge in [0.05, 0.1) is 0 Å². The molecule has 0 bridgehead atoms. The summed E-state index contributed by atoms with van der Waals surface area (Å²) < 4.78 is 2.93. The zero-order chi connectivity index (χ0) is 10.3. The Morgan fingerprint density at radius 2 is 1.71 bits per heavy atom. The maximum absolute atomic E-state index is 2.36. The highest BCUT2D eigenvalue weighted by Gasteiger charge is 2.14. The highest BCUT2D eigenvalue weighted by molar-refractivity contribution is 7.27. The van der Waals surface area contributed by atoms with Crippen LogP contribution in [0, 0.1) is 12.3 Å². The molecule has 2 heterocycles. The molecule has 0 radical (unpaired) electrons. The Bertz CT molecular complexity index is 409. The fourth-order valence-electron chi connectivity index (χ4n) is 1.62. The van der Waals surface area contributed by atoms with E-state index in [-0.39, 0.29) is 0 Å². The number of rotatable bonds is 1. The topological polar surface area (TPSA) is 0 Å². The van der Waals surface area contributed by atoms with E-state index in [1.807, 2.05) is 22.7 Å². The van der Waals surface area contributed by atoms with Crippen LogP contribution in [-0.4, -0.2) is 0 Å². The van der Waals surface area contributed by atoms with E-state index >= 15 is 0 Å². The molecule has 0 N–H and O–H groups in total. The van der Waals surface area contributed by atoms with Gasteiger partial charge in [-0.15, -0.1) is 22.7 Å². The summed E-state index contributed by atoms with van der Waals surface area (Å²) in [7, 11) is 0. The van der Waals surface area contributed by atoms with Crippen LogP contribution in [0.2, 0.25) is 0 Å². The third kappa shape index (κ3) is 2.18. The Kier molecular flexibility index (Phi) is 2.44. The van der Waals surface area contributed by atoms with Crippen molar-refractivity contribution in [2.45, 2.75) is 34.1 Å². The zero-order valence-electron chi connectivity index (χ0n) is 9.18. The maximum Gasteiger partial charge on any atom is 0.0456 e. The molecule has 14 heavy (non-hydrogen) atoms. The van der Waals surface area contributed by atoms with Gasteiger partial charge in [0.25, 0.3) is 0 Å². The van der Waals surface area contributed by atoms with Crippen LogP contribution in [0.5, 0.6) is 0 Å². The van der Waals surface area contributed by atoms with Crippen LogP contribution >= 0.6 is 22.7 Å². The second kappa shape index (κ2) is 3.35. The average Bonchev–Trinajstić information content (AvgIpc) is 2.39. The monoisotopic (exact) mass is 224 g/mol. The number of hydrogen-bond acceptors (Lipinski definition) is 2. The van der Waals surface area contributed by atoms with Gasteiger partial charge in [-0.05, 0) is 30.9 Å².